The summed E-state index contributed by atoms with van der Waals surface area (Å²) in [6.07, 6.45) is 2.42. The molecule has 4 N–H and O–H groups in total. The fourth-order valence-corrected chi connectivity index (χ4v) is 1.60. The minimum Gasteiger partial charge on any atom is -0.326 e. The smallest absolute Gasteiger partial charge is 0.241 e. The van der Waals surface area contributed by atoms with E-state index in [4.69, 9.17) is 5.73 Å². The summed E-state index contributed by atoms with van der Waals surface area (Å²) in [5, 5.41) is 5.51. The largest absolute Gasteiger partial charge is 0.326 e. The third-order valence-corrected chi connectivity index (χ3v) is 2.86. The van der Waals surface area contributed by atoms with E-state index in [9.17, 15) is 9.59 Å². The molecular formula is C15H21N3O2. The Bertz CT molecular complexity index is 512. The highest BCUT2D eigenvalue weighted by Crippen LogP contribution is 2.20. The van der Waals surface area contributed by atoms with Crippen molar-refractivity contribution in [3.63, 3.8) is 0 Å². The summed E-state index contributed by atoms with van der Waals surface area (Å²) in [7, 11) is 0. The van der Waals surface area contributed by atoms with Crippen molar-refractivity contribution >= 4 is 23.2 Å². The maximum absolute atomic E-state index is 11.9. The molecule has 5 nitrogen and oxygen atoms in total. The lowest BCUT2D eigenvalue weighted by Crippen LogP contribution is -2.35. The van der Waals surface area contributed by atoms with Gasteiger partial charge in [-0.15, -0.1) is 6.58 Å². The number of aryl methyl sites for hydroxylation is 1. The highest BCUT2D eigenvalue weighted by molar-refractivity contribution is 5.97. The van der Waals surface area contributed by atoms with Gasteiger partial charge in [-0.2, -0.15) is 0 Å². The average molecular weight is 275 g/mol. The summed E-state index contributed by atoms with van der Waals surface area (Å²) < 4.78 is 0. The van der Waals surface area contributed by atoms with Crippen molar-refractivity contribution in [1.82, 2.24) is 0 Å². The van der Waals surface area contributed by atoms with Crippen molar-refractivity contribution in [3.05, 3.63) is 36.4 Å². The number of nitrogens with one attached hydrogen (secondary N) is 2. The van der Waals surface area contributed by atoms with E-state index in [2.05, 4.69) is 17.2 Å². The van der Waals surface area contributed by atoms with Crippen LogP contribution >= 0.6 is 0 Å². The quantitative estimate of drug-likeness (QED) is 0.696. The molecule has 0 spiro atoms. The van der Waals surface area contributed by atoms with Crippen LogP contribution in [-0.2, 0) is 9.59 Å². The third-order valence-electron chi connectivity index (χ3n) is 2.86. The van der Waals surface area contributed by atoms with Crippen LogP contribution in [0.25, 0.3) is 0 Å². The number of anilines is 2. The zero-order valence-corrected chi connectivity index (χ0v) is 11.9. The number of nitrogens with two attached hydrogens (primary N) is 1. The zero-order valence-electron chi connectivity index (χ0n) is 11.9. The van der Waals surface area contributed by atoms with Gasteiger partial charge < -0.3 is 16.4 Å². The molecule has 0 aliphatic rings. The van der Waals surface area contributed by atoms with E-state index < -0.39 is 6.04 Å². The van der Waals surface area contributed by atoms with Crippen molar-refractivity contribution in [1.29, 1.82) is 0 Å². The van der Waals surface area contributed by atoms with E-state index in [-0.39, 0.29) is 11.8 Å². The second-order valence-corrected chi connectivity index (χ2v) is 4.55. The Morgan fingerprint density at radius 1 is 1.40 bits per heavy atom. The van der Waals surface area contributed by atoms with Gasteiger partial charge in [-0.3, -0.25) is 9.59 Å². The van der Waals surface area contributed by atoms with Crippen LogP contribution in [0.3, 0.4) is 0 Å². The number of amides is 2. The zero-order chi connectivity index (χ0) is 15.1. The van der Waals surface area contributed by atoms with Crippen LogP contribution in [0.1, 0.15) is 25.3 Å². The van der Waals surface area contributed by atoms with Crippen molar-refractivity contribution in [2.45, 2.75) is 32.7 Å². The van der Waals surface area contributed by atoms with E-state index >= 15 is 0 Å². The monoisotopic (exact) mass is 275 g/mol. The molecule has 1 aromatic rings. The summed E-state index contributed by atoms with van der Waals surface area (Å²) >= 11 is 0. The van der Waals surface area contributed by atoms with E-state index in [0.717, 1.165) is 5.56 Å². The molecule has 1 rings (SSSR count). The predicted octanol–water partition coefficient (Wildman–Crippen LogP) is 2.19. The Morgan fingerprint density at radius 2 is 2.10 bits per heavy atom. The highest BCUT2D eigenvalue weighted by atomic mass is 16.2. The molecule has 0 radical (unpaired) electrons. The van der Waals surface area contributed by atoms with Crippen LogP contribution in [0.15, 0.2) is 30.9 Å². The second-order valence-electron chi connectivity index (χ2n) is 4.55. The van der Waals surface area contributed by atoms with Gasteiger partial charge in [-0.25, -0.2) is 0 Å². The predicted molar refractivity (Wildman–Crippen MR) is 81.5 cm³/mol. The Morgan fingerprint density at radius 3 is 2.70 bits per heavy atom. The fourth-order valence-electron chi connectivity index (χ4n) is 1.60. The summed E-state index contributed by atoms with van der Waals surface area (Å²) in [5.74, 6) is -0.346. The van der Waals surface area contributed by atoms with Gasteiger partial charge in [0.05, 0.1) is 6.04 Å². The van der Waals surface area contributed by atoms with E-state index in [1.165, 1.54) is 0 Å². The Kier molecular flexibility index (Phi) is 5.93. The highest BCUT2D eigenvalue weighted by Gasteiger charge is 2.13. The van der Waals surface area contributed by atoms with E-state index in [0.29, 0.717) is 24.2 Å². The number of benzene rings is 1. The maximum Gasteiger partial charge on any atom is 0.241 e. The minimum atomic E-state index is -0.624. The third kappa shape index (κ3) is 4.51. The minimum absolute atomic E-state index is 0.0745. The summed E-state index contributed by atoms with van der Waals surface area (Å²) in [6, 6.07) is 4.73. The maximum atomic E-state index is 11.9. The summed E-state index contributed by atoms with van der Waals surface area (Å²) in [4.78, 5) is 23.2. The van der Waals surface area contributed by atoms with Crippen LogP contribution in [0.4, 0.5) is 11.4 Å². The fraction of sp³-hybridized carbons (Fsp3) is 0.333. The average Bonchev–Trinajstić information content (AvgIpc) is 2.42. The molecule has 0 aromatic heterocycles. The number of rotatable bonds is 6. The Labute approximate surface area is 119 Å². The SMILES string of the molecule is C=CCC(N)C(=O)Nc1cc(NC(=O)CC)ccc1C. The first-order valence-corrected chi connectivity index (χ1v) is 6.55. The number of carbonyl (C=O) groups excluding carboxylic acids is 2. The van der Waals surface area contributed by atoms with Crippen LogP contribution in [0.2, 0.25) is 0 Å². The molecule has 0 bridgehead atoms. The van der Waals surface area contributed by atoms with Gasteiger partial charge >= 0.3 is 0 Å². The van der Waals surface area contributed by atoms with Crippen LogP contribution < -0.4 is 16.4 Å². The van der Waals surface area contributed by atoms with Gasteiger partial charge in [0.2, 0.25) is 11.8 Å². The molecule has 0 fully saturated rings. The van der Waals surface area contributed by atoms with E-state index in [1.54, 1.807) is 25.1 Å². The molecule has 0 heterocycles. The van der Waals surface area contributed by atoms with Crippen molar-refractivity contribution in [2.24, 2.45) is 5.73 Å². The molecule has 20 heavy (non-hydrogen) atoms. The molecule has 2 amide bonds. The molecule has 1 atom stereocenters. The standard InChI is InChI=1S/C15H21N3O2/c1-4-6-12(16)15(20)18-13-9-11(8-7-10(13)3)17-14(19)5-2/h4,7-9,12H,1,5-6,16H2,2-3H3,(H,17,19)(H,18,20). The molecular weight excluding hydrogens is 254 g/mol. The first-order valence-electron chi connectivity index (χ1n) is 6.55. The first-order chi connectivity index (χ1) is 9.47. The van der Waals surface area contributed by atoms with Crippen molar-refractivity contribution < 1.29 is 9.59 Å². The summed E-state index contributed by atoms with van der Waals surface area (Å²) in [5.41, 5.74) is 7.90. The van der Waals surface area contributed by atoms with Crippen molar-refractivity contribution in [3.8, 4) is 0 Å². The lowest BCUT2D eigenvalue weighted by Gasteiger charge is -2.14. The van der Waals surface area contributed by atoms with Gasteiger partial charge in [0, 0.05) is 17.8 Å². The van der Waals surface area contributed by atoms with Crippen LogP contribution in [0, 0.1) is 6.92 Å². The van der Waals surface area contributed by atoms with Gasteiger partial charge in [-0.05, 0) is 31.0 Å². The summed E-state index contributed by atoms with van der Waals surface area (Å²) in [6.45, 7) is 7.21. The molecule has 108 valence electrons. The topological polar surface area (TPSA) is 84.2 Å². The number of hydrogen-bond donors (Lipinski definition) is 3. The molecule has 1 unspecified atom stereocenters. The second kappa shape index (κ2) is 7.45. The Balaban J connectivity index is 2.83. The van der Waals surface area contributed by atoms with Crippen LogP contribution in [0.5, 0.6) is 0 Å². The molecule has 5 heteroatoms. The van der Waals surface area contributed by atoms with Gasteiger partial charge in [0.1, 0.15) is 0 Å². The van der Waals surface area contributed by atoms with Crippen LogP contribution in [-0.4, -0.2) is 17.9 Å². The molecule has 1 aromatic carbocycles. The number of carbonyl (C=O) groups is 2. The molecule has 0 saturated carbocycles. The molecule has 0 aliphatic carbocycles. The van der Waals surface area contributed by atoms with E-state index in [1.807, 2.05) is 13.0 Å². The normalized spacial score (nSPS) is 11.6. The lowest BCUT2D eigenvalue weighted by molar-refractivity contribution is -0.117. The van der Waals surface area contributed by atoms with Gasteiger partial charge in [0.15, 0.2) is 0 Å². The molecule has 0 saturated heterocycles. The first kappa shape index (κ1) is 15.9. The van der Waals surface area contributed by atoms with Crippen molar-refractivity contribution in [2.75, 3.05) is 10.6 Å². The Hall–Kier alpha value is -2.14. The van der Waals surface area contributed by atoms with Gasteiger partial charge in [-0.1, -0.05) is 19.1 Å². The van der Waals surface area contributed by atoms with Gasteiger partial charge in [0.25, 0.3) is 0 Å². The molecule has 0 aliphatic heterocycles. The number of hydrogen-bond acceptors (Lipinski definition) is 3. The lowest BCUT2D eigenvalue weighted by atomic mass is 10.1.